The van der Waals surface area contributed by atoms with Gasteiger partial charge in [-0.3, -0.25) is 14.9 Å². The van der Waals surface area contributed by atoms with Crippen molar-refractivity contribution in [3.05, 3.63) is 45.2 Å². The predicted octanol–water partition coefficient (Wildman–Crippen LogP) is 2.48. The van der Waals surface area contributed by atoms with E-state index in [1.165, 1.54) is 6.07 Å². The van der Waals surface area contributed by atoms with Gasteiger partial charge in [-0.2, -0.15) is 0 Å². The fourth-order valence-electron chi connectivity index (χ4n) is 1.94. The Labute approximate surface area is 114 Å². The van der Waals surface area contributed by atoms with E-state index in [0.717, 1.165) is 25.5 Å². The van der Waals surface area contributed by atoms with Gasteiger partial charge in [-0.25, -0.2) is 4.98 Å². The average molecular weight is 282 g/mol. The number of nitrogens with zero attached hydrogens (tertiary/aromatic N) is 2. The SMILES string of the molecule is O=C(NC1CC=CCC1)c1cc(Cl)ncc1[N+](=O)[O-]. The van der Waals surface area contributed by atoms with Gasteiger partial charge in [-0.15, -0.1) is 0 Å². The molecule has 6 nitrogen and oxygen atoms in total. The second-order valence-corrected chi connectivity index (χ2v) is 4.62. The third kappa shape index (κ3) is 3.29. The standard InChI is InChI=1S/C12H12ClN3O3/c13-11-6-9(10(7-14-11)16(18)19)12(17)15-8-4-2-1-3-5-8/h1-2,6-8H,3-5H2,(H,15,17). The molecule has 0 bridgehead atoms. The van der Waals surface area contributed by atoms with Crippen LogP contribution in [0.1, 0.15) is 29.6 Å². The molecule has 1 aromatic rings. The lowest BCUT2D eigenvalue weighted by Crippen LogP contribution is -2.35. The maximum Gasteiger partial charge on any atom is 0.300 e. The topological polar surface area (TPSA) is 85.1 Å². The summed E-state index contributed by atoms with van der Waals surface area (Å²) in [7, 11) is 0. The van der Waals surface area contributed by atoms with Gasteiger partial charge in [0.15, 0.2) is 0 Å². The molecule has 0 saturated heterocycles. The van der Waals surface area contributed by atoms with Crippen LogP contribution in [0.4, 0.5) is 5.69 Å². The molecule has 1 aliphatic carbocycles. The van der Waals surface area contributed by atoms with E-state index >= 15 is 0 Å². The van der Waals surface area contributed by atoms with Crippen molar-refractivity contribution in [3.63, 3.8) is 0 Å². The Balaban J connectivity index is 2.20. The molecule has 0 aromatic carbocycles. The second kappa shape index (κ2) is 5.79. The van der Waals surface area contributed by atoms with Crippen LogP contribution in [0.5, 0.6) is 0 Å². The van der Waals surface area contributed by atoms with Gasteiger partial charge in [-0.1, -0.05) is 23.8 Å². The number of nitrogens with one attached hydrogen (secondary N) is 1. The molecule has 7 heteroatoms. The molecule has 1 amide bonds. The second-order valence-electron chi connectivity index (χ2n) is 4.24. The maximum absolute atomic E-state index is 12.1. The zero-order valence-electron chi connectivity index (χ0n) is 10.0. The Morgan fingerprint density at radius 1 is 1.53 bits per heavy atom. The summed E-state index contributed by atoms with van der Waals surface area (Å²) < 4.78 is 0. The van der Waals surface area contributed by atoms with Crippen molar-refractivity contribution in [1.82, 2.24) is 10.3 Å². The lowest BCUT2D eigenvalue weighted by atomic mass is 10.0. The van der Waals surface area contributed by atoms with Gasteiger partial charge < -0.3 is 5.32 Å². The summed E-state index contributed by atoms with van der Waals surface area (Å²) in [4.78, 5) is 25.9. The molecule has 1 N–H and O–H groups in total. The number of nitro groups is 1. The molecule has 19 heavy (non-hydrogen) atoms. The van der Waals surface area contributed by atoms with Gasteiger partial charge in [0.2, 0.25) is 0 Å². The van der Waals surface area contributed by atoms with E-state index in [-0.39, 0.29) is 22.4 Å². The van der Waals surface area contributed by atoms with Crippen molar-refractivity contribution in [1.29, 1.82) is 0 Å². The highest BCUT2D eigenvalue weighted by Crippen LogP contribution is 2.21. The molecule has 2 rings (SSSR count). The summed E-state index contributed by atoms with van der Waals surface area (Å²) in [6.45, 7) is 0. The van der Waals surface area contributed by atoms with Gasteiger partial charge in [0.25, 0.3) is 11.6 Å². The zero-order valence-corrected chi connectivity index (χ0v) is 10.8. The molecular weight excluding hydrogens is 270 g/mol. The van der Waals surface area contributed by atoms with Crippen molar-refractivity contribution in [2.75, 3.05) is 0 Å². The van der Waals surface area contributed by atoms with Crippen molar-refractivity contribution in [2.45, 2.75) is 25.3 Å². The molecule has 1 aromatic heterocycles. The number of halogens is 1. The number of carbonyl (C=O) groups is 1. The van der Waals surface area contributed by atoms with Crippen molar-refractivity contribution in [2.24, 2.45) is 0 Å². The van der Waals surface area contributed by atoms with E-state index in [9.17, 15) is 14.9 Å². The van der Waals surface area contributed by atoms with E-state index < -0.39 is 10.8 Å². The van der Waals surface area contributed by atoms with Gasteiger partial charge in [0, 0.05) is 6.04 Å². The third-order valence-corrected chi connectivity index (χ3v) is 3.10. The Bertz CT molecular complexity index is 545. The molecule has 0 aliphatic heterocycles. The van der Waals surface area contributed by atoms with Gasteiger partial charge >= 0.3 is 0 Å². The minimum Gasteiger partial charge on any atom is -0.349 e. The molecule has 1 atom stereocenters. The Morgan fingerprint density at radius 3 is 2.95 bits per heavy atom. The van der Waals surface area contributed by atoms with Gasteiger partial charge in [0.05, 0.1) is 4.92 Å². The first-order valence-electron chi connectivity index (χ1n) is 5.83. The van der Waals surface area contributed by atoms with Crippen LogP contribution < -0.4 is 5.32 Å². The highest BCUT2D eigenvalue weighted by molar-refractivity contribution is 6.29. The molecule has 0 spiro atoms. The highest BCUT2D eigenvalue weighted by atomic mass is 35.5. The number of allylic oxidation sites excluding steroid dienone is 1. The molecule has 0 radical (unpaired) electrons. The number of amides is 1. The molecule has 1 aliphatic rings. The Kier molecular flexibility index (Phi) is 4.11. The lowest BCUT2D eigenvalue weighted by Gasteiger charge is -2.19. The van der Waals surface area contributed by atoms with Crippen molar-refractivity contribution < 1.29 is 9.72 Å². The summed E-state index contributed by atoms with van der Waals surface area (Å²) in [6.07, 6.45) is 7.49. The number of hydrogen-bond acceptors (Lipinski definition) is 4. The van der Waals surface area contributed by atoms with Gasteiger partial charge in [-0.05, 0) is 25.3 Å². The fourth-order valence-corrected chi connectivity index (χ4v) is 2.10. The molecule has 0 fully saturated rings. The van der Waals surface area contributed by atoms with Crippen molar-refractivity contribution in [3.8, 4) is 0 Å². The van der Waals surface area contributed by atoms with E-state index in [4.69, 9.17) is 11.6 Å². The first kappa shape index (κ1) is 13.5. The smallest absolute Gasteiger partial charge is 0.300 e. The highest BCUT2D eigenvalue weighted by Gasteiger charge is 2.23. The number of pyridine rings is 1. The number of rotatable bonds is 3. The summed E-state index contributed by atoms with van der Waals surface area (Å²) >= 11 is 5.68. The number of aromatic nitrogens is 1. The van der Waals surface area contributed by atoms with E-state index in [2.05, 4.69) is 16.4 Å². The number of carbonyl (C=O) groups excluding carboxylic acids is 1. The largest absolute Gasteiger partial charge is 0.349 e. The predicted molar refractivity (Wildman–Crippen MR) is 70.1 cm³/mol. The minimum absolute atomic E-state index is 0.00375. The normalized spacial score (nSPS) is 18.1. The van der Waals surface area contributed by atoms with E-state index in [1.54, 1.807) is 0 Å². The summed E-state index contributed by atoms with van der Waals surface area (Å²) in [6, 6.07) is 1.22. The van der Waals surface area contributed by atoms with Crippen LogP contribution in [0, 0.1) is 10.1 Å². The molecule has 1 heterocycles. The monoisotopic (exact) mass is 281 g/mol. The summed E-state index contributed by atoms with van der Waals surface area (Å²) in [5.41, 5.74) is -0.396. The van der Waals surface area contributed by atoms with E-state index in [1.807, 2.05) is 6.08 Å². The van der Waals surface area contributed by atoms with Crippen LogP contribution in [0.15, 0.2) is 24.4 Å². The Hall–Kier alpha value is -1.95. The third-order valence-electron chi connectivity index (χ3n) is 2.90. The summed E-state index contributed by atoms with van der Waals surface area (Å²) in [5.74, 6) is -0.490. The van der Waals surface area contributed by atoms with E-state index in [0.29, 0.717) is 0 Å². The molecular formula is C12H12ClN3O3. The fraction of sp³-hybridized carbons (Fsp3) is 0.333. The molecule has 0 saturated carbocycles. The van der Waals surface area contributed by atoms with Crippen LogP contribution in [0.2, 0.25) is 5.15 Å². The average Bonchev–Trinajstić information content (AvgIpc) is 2.39. The quantitative estimate of drug-likeness (QED) is 0.399. The lowest BCUT2D eigenvalue weighted by molar-refractivity contribution is -0.385. The minimum atomic E-state index is -0.640. The first-order valence-corrected chi connectivity index (χ1v) is 6.21. The van der Waals surface area contributed by atoms with Crippen LogP contribution in [0.25, 0.3) is 0 Å². The zero-order chi connectivity index (χ0) is 13.8. The maximum atomic E-state index is 12.1. The first-order chi connectivity index (χ1) is 9.08. The summed E-state index contributed by atoms with van der Waals surface area (Å²) in [5, 5.41) is 13.7. The Morgan fingerprint density at radius 2 is 2.32 bits per heavy atom. The van der Waals surface area contributed by atoms with Crippen LogP contribution in [-0.4, -0.2) is 21.9 Å². The van der Waals surface area contributed by atoms with Gasteiger partial charge in [0.1, 0.15) is 16.9 Å². The van der Waals surface area contributed by atoms with Crippen LogP contribution in [-0.2, 0) is 0 Å². The van der Waals surface area contributed by atoms with Crippen molar-refractivity contribution >= 4 is 23.2 Å². The van der Waals surface area contributed by atoms with Crippen LogP contribution >= 0.6 is 11.6 Å². The molecule has 1 unspecified atom stereocenters. The number of hydrogen-bond donors (Lipinski definition) is 1. The molecule has 100 valence electrons. The van der Waals surface area contributed by atoms with Crippen LogP contribution in [0.3, 0.4) is 0 Å².